The van der Waals surface area contributed by atoms with Crippen LogP contribution < -0.4 is 5.32 Å². The monoisotopic (exact) mass is 350 g/mol. The summed E-state index contributed by atoms with van der Waals surface area (Å²) in [6, 6.07) is 8.99. The Morgan fingerprint density at radius 3 is 2.67 bits per heavy atom. The van der Waals surface area contributed by atoms with Crippen molar-refractivity contribution < 1.29 is 14.3 Å². The van der Waals surface area contributed by atoms with E-state index in [1.54, 1.807) is 18.3 Å². The van der Waals surface area contributed by atoms with Crippen molar-refractivity contribution in [2.45, 2.75) is 20.0 Å². The fourth-order valence-electron chi connectivity index (χ4n) is 1.71. The van der Waals surface area contributed by atoms with Gasteiger partial charge in [-0.2, -0.15) is 0 Å². The van der Waals surface area contributed by atoms with Crippen molar-refractivity contribution in [3.05, 3.63) is 52.3 Å². The lowest BCUT2D eigenvalue weighted by molar-refractivity contribution is -0.123. The third-order valence-corrected chi connectivity index (χ3v) is 3.38. The van der Waals surface area contributed by atoms with Gasteiger partial charge in [0.05, 0.1) is 0 Å². The molecule has 5 nitrogen and oxygen atoms in total. The lowest BCUT2D eigenvalue weighted by atomic mass is 10.2. The summed E-state index contributed by atoms with van der Waals surface area (Å²) < 4.78 is 5.86. The second kappa shape index (κ2) is 6.58. The number of para-hydroxylation sites is 1. The van der Waals surface area contributed by atoms with Gasteiger partial charge >= 0.3 is 5.97 Å². The van der Waals surface area contributed by atoms with Crippen molar-refractivity contribution >= 4 is 33.5 Å². The van der Waals surface area contributed by atoms with Gasteiger partial charge in [0.15, 0.2) is 6.10 Å². The van der Waals surface area contributed by atoms with E-state index in [9.17, 15) is 9.59 Å². The predicted molar refractivity (Wildman–Crippen MR) is 83.2 cm³/mol. The van der Waals surface area contributed by atoms with E-state index in [1.165, 1.54) is 6.92 Å². The predicted octanol–water partition coefficient (Wildman–Crippen LogP) is 3.27. The van der Waals surface area contributed by atoms with Crippen LogP contribution >= 0.6 is 15.9 Å². The first-order valence-corrected chi connectivity index (χ1v) is 7.18. The number of hydrogen-bond acceptors (Lipinski definition) is 3. The summed E-state index contributed by atoms with van der Waals surface area (Å²) in [6.07, 6.45) is 0.730. The smallest absolute Gasteiger partial charge is 0.355 e. The van der Waals surface area contributed by atoms with E-state index >= 15 is 0 Å². The zero-order chi connectivity index (χ0) is 15.4. The van der Waals surface area contributed by atoms with Crippen LogP contribution in [0.3, 0.4) is 0 Å². The zero-order valence-electron chi connectivity index (χ0n) is 11.6. The summed E-state index contributed by atoms with van der Waals surface area (Å²) >= 11 is 3.23. The van der Waals surface area contributed by atoms with Crippen molar-refractivity contribution in [2.75, 3.05) is 5.32 Å². The molecule has 1 aromatic carbocycles. The van der Waals surface area contributed by atoms with Gasteiger partial charge in [-0.15, -0.1) is 0 Å². The van der Waals surface area contributed by atoms with Crippen molar-refractivity contribution in [1.82, 2.24) is 4.98 Å². The van der Waals surface area contributed by atoms with Gasteiger partial charge in [-0.25, -0.2) is 4.79 Å². The second-order valence-corrected chi connectivity index (χ2v) is 5.50. The van der Waals surface area contributed by atoms with Crippen molar-refractivity contribution in [2.24, 2.45) is 0 Å². The second-order valence-electron chi connectivity index (χ2n) is 4.58. The van der Waals surface area contributed by atoms with Gasteiger partial charge in [0, 0.05) is 16.4 Å². The van der Waals surface area contributed by atoms with Gasteiger partial charge in [0.1, 0.15) is 5.69 Å². The number of amides is 1. The minimum Gasteiger partial charge on any atom is -0.448 e. The molecule has 2 rings (SSSR count). The number of aromatic amines is 1. The van der Waals surface area contributed by atoms with Gasteiger partial charge in [0.25, 0.3) is 5.91 Å². The number of benzene rings is 1. The summed E-state index contributed by atoms with van der Waals surface area (Å²) in [5.74, 6) is -0.948. The van der Waals surface area contributed by atoms with Crippen molar-refractivity contribution in [1.29, 1.82) is 0 Å². The Kier molecular flexibility index (Phi) is 4.80. The SMILES string of the molecule is Cc1ccccc1NC(=O)C(C)OC(=O)c1cc(Br)c[nH]1. The maximum atomic E-state index is 12.0. The number of halogens is 1. The van der Waals surface area contributed by atoms with E-state index in [0.717, 1.165) is 10.0 Å². The molecule has 1 aromatic heterocycles. The van der Waals surface area contributed by atoms with E-state index in [1.807, 2.05) is 25.1 Å². The lowest BCUT2D eigenvalue weighted by Crippen LogP contribution is -2.30. The highest BCUT2D eigenvalue weighted by Gasteiger charge is 2.20. The first kappa shape index (κ1) is 15.3. The number of aromatic nitrogens is 1. The minimum absolute atomic E-state index is 0.289. The van der Waals surface area contributed by atoms with Crippen LogP contribution in [0.5, 0.6) is 0 Å². The van der Waals surface area contributed by atoms with Crippen LogP contribution in [0, 0.1) is 6.92 Å². The zero-order valence-corrected chi connectivity index (χ0v) is 13.2. The standard InChI is InChI=1S/C15H15BrN2O3/c1-9-5-3-4-6-12(9)18-14(19)10(2)21-15(20)13-7-11(16)8-17-13/h3-8,10,17H,1-2H3,(H,18,19). The maximum absolute atomic E-state index is 12.0. The van der Waals surface area contributed by atoms with Crippen LogP contribution in [0.15, 0.2) is 41.0 Å². The fraction of sp³-hybridized carbons (Fsp3) is 0.200. The molecule has 0 saturated heterocycles. The van der Waals surface area contributed by atoms with Crippen LogP contribution in [0.1, 0.15) is 23.0 Å². The first-order chi connectivity index (χ1) is 9.97. The molecule has 0 bridgehead atoms. The van der Waals surface area contributed by atoms with Crippen LogP contribution in [-0.2, 0) is 9.53 Å². The minimum atomic E-state index is -0.890. The molecule has 0 aliphatic heterocycles. The Bertz CT molecular complexity index is 666. The molecule has 1 unspecified atom stereocenters. The molecule has 1 heterocycles. The third kappa shape index (κ3) is 3.95. The number of H-pyrrole nitrogens is 1. The molecule has 6 heteroatoms. The largest absolute Gasteiger partial charge is 0.448 e. The van der Waals surface area contributed by atoms with Gasteiger partial charge < -0.3 is 15.0 Å². The normalized spacial score (nSPS) is 11.8. The van der Waals surface area contributed by atoms with E-state index in [0.29, 0.717) is 5.69 Å². The van der Waals surface area contributed by atoms with Gasteiger partial charge in [-0.05, 0) is 47.5 Å². The molecule has 0 aliphatic rings. The molecule has 2 N–H and O–H groups in total. The molecular formula is C15H15BrN2O3. The molecule has 2 aromatic rings. The highest BCUT2D eigenvalue weighted by molar-refractivity contribution is 9.10. The molecular weight excluding hydrogens is 336 g/mol. The lowest BCUT2D eigenvalue weighted by Gasteiger charge is -2.14. The molecule has 21 heavy (non-hydrogen) atoms. The number of anilines is 1. The van der Waals surface area contributed by atoms with E-state index in [4.69, 9.17) is 4.74 Å². The Morgan fingerprint density at radius 2 is 2.05 bits per heavy atom. The summed E-state index contributed by atoms with van der Waals surface area (Å²) in [6.45, 7) is 3.42. The average Bonchev–Trinajstić information content (AvgIpc) is 2.88. The molecule has 110 valence electrons. The molecule has 1 atom stereocenters. The number of carbonyl (C=O) groups excluding carboxylic acids is 2. The van der Waals surface area contributed by atoms with Crippen molar-refractivity contribution in [3.63, 3.8) is 0 Å². The quantitative estimate of drug-likeness (QED) is 0.831. The van der Waals surface area contributed by atoms with Crippen LogP contribution in [0.2, 0.25) is 0 Å². The van der Waals surface area contributed by atoms with Crippen LogP contribution in [-0.4, -0.2) is 23.0 Å². The number of nitrogens with one attached hydrogen (secondary N) is 2. The van der Waals surface area contributed by atoms with Crippen LogP contribution in [0.4, 0.5) is 5.69 Å². The Morgan fingerprint density at radius 1 is 1.33 bits per heavy atom. The summed E-state index contributed by atoms with van der Waals surface area (Å²) in [7, 11) is 0. The fourth-order valence-corrected chi connectivity index (χ4v) is 2.05. The summed E-state index contributed by atoms with van der Waals surface area (Å²) in [5.41, 5.74) is 1.93. The van der Waals surface area contributed by atoms with E-state index < -0.39 is 12.1 Å². The Hall–Kier alpha value is -2.08. The maximum Gasteiger partial charge on any atom is 0.355 e. The van der Waals surface area contributed by atoms with E-state index in [-0.39, 0.29) is 11.6 Å². The number of carbonyl (C=O) groups is 2. The van der Waals surface area contributed by atoms with Gasteiger partial charge in [-0.3, -0.25) is 4.79 Å². The Balaban J connectivity index is 1.97. The first-order valence-electron chi connectivity index (χ1n) is 6.39. The van der Waals surface area contributed by atoms with E-state index in [2.05, 4.69) is 26.2 Å². The number of rotatable bonds is 4. The molecule has 0 fully saturated rings. The summed E-state index contributed by atoms with van der Waals surface area (Å²) in [5, 5.41) is 2.74. The number of esters is 1. The average molecular weight is 351 g/mol. The molecule has 0 saturated carbocycles. The molecule has 0 aliphatic carbocycles. The highest BCUT2D eigenvalue weighted by atomic mass is 79.9. The van der Waals surface area contributed by atoms with Crippen LogP contribution in [0.25, 0.3) is 0 Å². The van der Waals surface area contributed by atoms with Gasteiger partial charge in [0.2, 0.25) is 0 Å². The topological polar surface area (TPSA) is 71.2 Å². The molecule has 1 amide bonds. The highest BCUT2D eigenvalue weighted by Crippen LogP contribution is 2.15. The van der Waals surface area contributed by atoms with Gasteiger partial charge in [-0.1, -0.05) is 18.2 Å². The summed E-state index contributed by atoms with van der Waals surface area (Å²) in [4.78, 5) is 26.6. The molecule has 0 radical (unpaired) electrons. The Labute approximate surface area is 130 Å². The third-order valence-electron chi connectivity index (χ3n) is 2.92. The molecule has 0 spiro atoms. The number of aryl methyl sites for hydroxylation is 1. The number of ether oxygens (including phenoxy) is 1. The number of hydrogen-bond donors (Lipinski definition) is 2. The van der Waals surface area contributed by atoms with Crippen molar-refractivity contribution in [3.8, 4) is 0 Å².